The second-order valence-corrected chi connectivity index (χ2v) is 5.43. The van der Waals surface area contributed by atoms with Crippen molar-refractivity contribution < 1.29 is 0 Å². The van der Waals surface area contributed by atoms with Gasteiger partial charge in [0, 0.05) is 35.8 Å². The summed E-state index contributed by atoms with van der Waals surface area (Å²) in [6.07, 6.45) is 2.22. The highest BCUT2D eigenvalue weighted by atomic mass is 35.5. The predicted octanol–water partition coefficient (Wildman–Crippen LogP) is 2.66. The van der Waals surface area contributed by atoms with Gasteiger partial charge in [-0.3, -0.25) is 5.10 Å². The fourth-order valence-corrected chi connectivity index (χ4v) is 2.69. The van der Waals surface area contributed by atoms with Crippen LogP contribution >= 0.6 is 11.6 Å². The maximum atomic E-state index is 6.01. The Bertz CT molecular complexity index is 566. The van der Waals surface area contributed by atoms with Crippen molar-refractivity contribution in [2.24, 2.45) is 5.73 Å². The molecule has 4 nitrogen and oxygen atoms in total. The molecule has 19 heavy (non-hydrogen) atoms. The molecular formula is C14H17ClN4. The average Bonchev–Trinajstić information content (AvgIpc) is 2.88. The summed E-state index contributed by atoms with van der Waals surface area (Å²) in [5, 5.41) is 8.18. The number of hydrogen-bond donors (Lipinski definition) is 2. The van der Waals surface area contributed by atoms with Crippen LogP contribution in [0, 0.1) is 0 Å². The molecule has 100 valence electrons. The normalized spacial score (nSPS) is 19.7. The lowest BCUT2D eigenvalue weighted by Crippen LogP contribution is -2.43. The highest BCUT2D eigenvalue weighted by molar-refractivity contribution is 6.30. The smallest absolute Gasteiger partial charge is 0.151 e. The van der Waals surface area contributed by atoms with Crippen molar-refractivity contribution in [3.63, 3.8) is 0 Å². The van der Waals surface area contributed by atoms with Gasteiger partial charge in [0.25, 0.3) is 0 Å². The zero-order valence-corrected chi connectivity index (χ0v) is 11.4. The zero-order chi connectivity index (χ0) is 13.2. The predicted molar refractivity (Wildman–Crippen MR) is 78.5 cm³/mol. The summed E-state index contributed by atoms with van der Waals surface area (Å²) in [6, 6.07) is 10.1. The molecule has 0 aliphatic carbocycles. The molecule has 0 amide bonds. The first-order chi connectivity index (χ1) is 9.22. The van der Waals surface area contributed by atoms with E-state index in [9.17, 15) is 0 Å². The number of nitrogens with zero attached hydrogens (tertiary/aromatic N) is 2. The molecule has 0 bridgehead atoms. The second-order valence-electron chi connectivity index (χ2n) is 5.00. The summed E-state index contributed by atoms with van der Waals surface area (Å²) in [6.45, 7) is 1.90. The van der Waals surface area contributed by atoms with Gasteiger partial charge in [-0.2, -0.15) is 5.10 Å². The van der Waals surface area contributed by atoms with Crippen molar-refractivity contribution in [2.75, 3.05) is 18.0 Å². The van der Waals surface area contributed by atoms with Gasteiger partial charge in [0.05, 0.1) is 5.69 Å². The molecular weight excluding hydrogens is 260 g/mol. The van der Waals surface area contributed by atoms with Gasteiger partial charge in [-0.05, 0) is 25.0 Å². The summed E-state index contributed by atoms with van der Waals surface area (Å²) in [5.74, 6) is 0.963. The summed E-state index contributed by atoms with van der Waals surface area (Å²) >= 11 is 6.01. The summed E-state index contributed by atoms with van der Waals surface area (Å²) in [4.78, 5) is 2.23. The van der Waals surface area contributed by atoms with Crippen LogP contribution in [0.2, 0.25) is 5.02 Å². The molecule has 1 aromatic heterocycles. The second kappa shape index (κ2) is 5.23. The first-order valence-corrected chi connectivity index (χ1v) is 6.92. The Morgan fingerprint density at radius 2 is 2.26 bits per heavy atom. The van der Waals surface area contributed by atoms with E-state index in [1.54, 1.807) is 0 Å². The van der Waals surface area contributed by atoms with Crippen LogP contribution in [-0.2, 0) is 0 Å². The SMILES string of the molecule is NC1CCCN(c2cc(-c3cccc(Cl)c3)[nH]n2)C1. The van der Waals surface area contributed by atoms with E-state index in [2.05, 4.69) is 21.2 Å². The largest absolute Gasteiger partial charge is 0.354 e. The lowest BCUT2D eigenvalue weighted by atomic mass is 10.1. The van der Waals surface area contributed by atoms with E-state index in [4.69, 9.17) is 17.3 Å². The number of anilines is 1. The number of benzene rings is 1. The summed E-state index contributed by atoms with van der Waals surface area (Å²) in [7, 11) is 0. The van der Waals surface area contributed by atoms with E-state index in [1.807, 2.05) is 24.3 Å². The van der Waals surface area contributed by atoms with Crippen LogP contribution in [0.4, 0.5) is 5.82 Å². The Balaban J connectivity index is 1.83. The van der Waals surface area contributed by atoms with Gasteiger partial charge in [0.1, 0.15) is 0 Å². The van der Waals surface area contributed by atoms with Gasteiger partial charge in [-0.1, -0.05) is 23.7 Å². The van der Waals surface area contributed by atoms with Crippen molar-refractivity contribution in [3.8, 4) is 11.3 Å². The van der Waals surface area contributed by atoms with Gasteiger partial charge in [-0.15, -0.1) is 0 Å². The fraction of sp³-hybridized carbons (Fsp3) is 0.357. The molecule has 1 unspecified atom stereocenters. The number of aromatic amines is 1. The summed E-state index contributed by atoms with van der Waals surface area (Å²) < 4.78 is 0. The minimum atomic E-state index is 0.250. The highest BCUT2D eigenvalue weighted by Crippen LogP contribution is 2.25. The number of hydrogen-bond acceptors (Lipinski definition) is 3. The molecule has 2 aromatic rings. The van der Waals surface area contributed by atoms with Gasteiger partial charge >= 0.3 is 0 Å². The summed E-state index contributed by atoms with van der Waals surface area (Å²) in [5.41, 5.74) is 8.03. The molecule has 1 aliphatic heterocycles. The third kappa shape index (κ3) is 2.74. The quantitative estimate of drug-likeness (QED) is 0.887. The molecule has 0 radical (unpaired) electrons. The van der Waals surface area contributed by atoms with Crippen molar-refractivity contribution in [3.05, 3.63) is 35.4 Å². The Morgan fingerprint density at radius 1 is 1.37 bits per heavy atom. The number of aromatic nitrogens is 2. The molecule has 1 fully saturated rings. The molecule has 1 saturated heterocycles. The van der Waals surface area contributed by atoms with Crippen LogP contribution in [0.1, 0.15) is 12.8 Å². The molecule has 0 spiro atoms. The standard InChI is InChI=1S/C14H17ClN4/c15-11-4-1-3-10(7-11)13-8-14(18-17-13)19-6-2-5-12(16)9-19/h1,3-4,7-8,12H,2,5-6,9,16H2,(H,17,18). The highest BCUT2D eigenvalue weighted by Gasteiger charge is 2.19. The number of halogens is 1. The molecule has 3 N–H and O–H groups in total. The Hall–Kier alpha value is -1.52. The number of nitrogens with one attached hydrogen (secondary N) is 1. The van der Waals surface area contributed by atoms with E-state index in [-0.39, 0.29) is 6.04 Å². The molecule has 2 heterocycles. The number of nitrogens with two attached hydrogens (primary N) is 1. The average molecular weight is 277 g/mol. The van der Waals surface area contributed by atoms with Gasteiger partial charge in [-0.25, -0.2) is 0 Å². The zero-order valence-electron chi connectivity index (χ0n) is 10.6. The van der Waals surface area contributed by atoms with Crippen LogP contribution in [0.5, 0.6) is 0 Å². The number of piperidine rings is 1. The third-order valence-electron chi connectivity index (χ3n) is 3.48. The van der Waals surface area contributed by atoms with Crippen LogP contribution in [0.25, 0.3) is 11.3 Å². The molecule has 3 rings (SSSR count). The van der Waals surface area contributed by atoms with E-state index in [0.717, 1.165) is 48.0 Å². The molecule has 1 atom stereocenters. The van der Waals surface area contributed by atoms with Crippen molar-refractivity contribution in [1.82, 2.24) is 10.2 Å². The fourth-order valence-electron chi connectivity index (χ4n) is 2.50. The lowest BCUT2D eigenvalue weighted by molar-refractivity contribution is 0.503. The first kappa shape index (κ1) is 12.5. The van der Waals surface area contributed by atoms with Gasteiger partial charge in [0.15, 0.2) is 5.82 Å². The Morgan fingerprint density at radius 3 is 3.05 bits per heavy atom. The van der Waals surface area contributed by atoms with Crippen molar-refractivity contribution in [2.45, 2.75) is 18.9 Å². The van der Waals surface area contributed by atoms with Crippen LogP contribution in [0.15, 0.2) is 30.3 Å². The van der Waals surface area contributed by atoms with Crippen LogP contribution in [0.3, 0.4) is 0 Å². The van der Waals surface area contributed by atoms with Gasteiger partial charge in [0.2, 0.25) is 0 Å². The maximum absolute atomic E-state index is 6.01. The number of H-pyrrole nitrogens is 1. The molecule has 0 saturated carbocycles. The minimum absolute atomic E-state index is 0.250. The van der Waals surface area contributed by atoms with E-state index in [0.29, 0.717) is 0 Å². The van der Waals surface area contributed by atoms with Crippen molar-refractivity contribution in [1.29, 1.82) is 0 Å². The molecule has 1 aromatic carbocycles. The lowest BCUT2D eigenvalue weighted by Gasteiger charge is -2.30. The van der Waals surface area contributed by atoms with E-state index >= 15 is 0 Å². The van der Waals surface area contributed by atoms with Gasteiger partial charge < -0.3 is 10.6 Å². The molecule has 1 aliphatic rings. The molecule has 5 heteroatoms. The van der Waals surface area contributed by atoms with E-state index < -0.39 is 0 Å². The monoisotopic (exact) mass is 276 g/mol. The Labute approximate surface area is 117 Å². The van der Waals surface area contributed by atoms with E-state index in [1.165, 1.54) is 0 Å². The number of rotatable bonds is 2. The topological polar surface area (TPSA) is 57.9 Å². The Kier molecular flexibility index (Phi) is 3.44. The van der Waals surface area contributed by atoms with Crippen LogP contribution in [-0.4, -0.2) is 29.3 Å². The minimum Gasteiger partial charge on any atom is -0.354 e. The van der Waals surface area contributed by atoms with Crippen molar-refractivity contribution >= 4 is 17.4 Å². The van der Waals surface area contributed by atoms with Crippen LogP contribution < -0.4 is 10.6 Å². The maximum Gasteiger partial charge on any atom is 0.151 e. The first-order valence-electron chi connectivity index (χ1n) is 6.54. The third-order valence-corrected chi connectivity index (χ3v) is 3.72.